The third-order valence-electron chi connectivity index (χ3n) is 3.08. The van der Waals surface area contributed by atoms with Crippen LogP contribution in [-0.2, 0) is 16.1 Å². The van der Waals surface area contributed by atoms with Crippen LogP contribution in [0.25, 0.3) is 0 Å². The lowest BCUT2D eigenvalue weighted by molar-refractivity contribution is -0.137. The van der Waals surface area contributed by atoms with Gasteiger partial charge in [-0.1, -0.05) is 5.10 Å². The number of anilines is 3. The number of nitrogens with zero attached hydrogens (tertiary/aromatic N) is 7. The fourth-order valence-corrected chi connectivity index (χ4v) is 2.04. The molecule has 1 aliphatic rings. The smallest absolute Gasteiger partial charge is 0.325 e. The number of hydrogen-bond donors (Lipinski definition) is 2. The van der Waals surface area contributed by atoms with Crippen molar-refractivity contribution in [2.75, 3.05) is 36.5 Å². The summed E-state index contributed by atoms with van der Waals surface area (Å²) in [7, 11) is 0. The van der Waals surface area contributed by atoms with E-state index in [1.54, 1.807) is 4.90 Å². The molecule has 0 aromatic carbocycles. The first-order valence-corrected chi connectivity index (χ1v) is 6.73. The average molecular weight is 324 g/mol. The molecule has 0 bridgehead atoms. The summed E-state index contributed by atoms with van der Waals surface area (Å²) in [6.07, 6.45) is 1.03. The fraction of sp³-hybridized carbons (Fsp3) is 0.455. The van der Waals surface area contributed by atoms with Gasteiger partial charge in [0.25, 0.3) is 0 Å². The van der Waals surface area contributed by atoms with Crippen molar-refractivity contribution in [2.24, 2.45) is 0 Å². The number of nitrogens with one attached hydrogen (secondary N) is 1. The van der Waals surface area contributed by atoms with Crippen LogP contribution in [0.4, 0.5) is 22.1 Å². The van der Waals surface area contributed by atoms with Gasteiger partial charge in [-0.05, 0) is 10.4 Å². The Kier molecular flexibility index (Phi) is 4.23. The van der Waals surface area contributed by atoms with Gasteiger partial charge in [-0.25, -0.2) is 14.1 Å². The zero-order chi connectivity index (χ0) is 16.2. The van der Waals surface area contributed by atoms with Crippen molar-refractivity contribution in [2.45, 2.75) is 6.54 Å². The van der Waals surface area contributed by atoms with Crippen LogP contribution in [-0.4, -0.2) is 67.6 Å². The molecule has 2 aromatic heterocycles. The summed E-state index contributed by atoms with van der Waals surface area (Å²) in [6.45, 7) is 1.59. The first-order chi connectivity index (χ1) is 11.1. The van der Waals surface area contributed by atoms with Crippen molar-refractivity contribution in [1.82, 2.24) is 30.2 Å². The monoisotopic (exact) mass is 324 g/mol. The molecule has 11 nitrogen and oxygen atoms in total. The Labute approximate surface area is 129 Å². The second-order valence-corrected chi connectivity index (χ2v) is 4.64. The van der Waals surface area contributed by atoms with Crippen LogP contribution >= 0.6 is 0 Å². The Hall–Kier alpha value is -2.89. The molecule has 122 valence electrons. The van der Waals surface area contributed by atoms with E-state index < -0.39 is 18.3 Å². The fourth-order valence-electron chi connectivity index (χ4n) is 2.04. The molecule has 1 aliphatic heterocycles. The predicted molar refractivity (Wildman–Crippen MR) is 73.8 cm³/mol. The lowest BCUT2D eigenvalue weighted by Gasteiger charge is -2.28. The van der Waals surface area contributed by atoms with Crippen molar-refractivity contribution < 1.29 is 19.0 Å². The highest BCUT2D eigenvalue weighted by molar-refractivity contribution is 5.67. The summed E-state index contributed by atoms with van der Waals surface area (Å²) in [4.78, 5) is 20.4. The summed E-state index contributed by atoms with van der Waals surface area (Å²) in [5.74, 6) is -1.40. The van der Waals surface area contributed by atoms with Gasteiger partial charge in [0.2, 0.25) is 11.9 Å². The maximum atomic E-state index is 13.9. The van der Waals surface area contributed by atoms with E-state index in [0.29, 0.717) is 26.3 Å². The first-order valence-electron chi connectivity index (χ1n) is 6.73. The molecule has 1 saturated heterocycles. The Bertz CT molecular complexity index is 702. The Morgan fingerprint density at radius 3 is 2.96 bits per heavy atom. The molecule has 23 heavy (non-hydrogen) atoms. The largest absolute Gasteiger partial charge is 0.480 e. The van der Waals surface area contributed by atoms with Crippen molar-refractivity contribution in [1.29, 1.82) is 0 Å². The summed E-state index contributed by atoms with van der Waals surface area (Å²) < 4.78 is 20.2. The highest BCUT2D eigenvalue weighted by atomic mass is 19.1. The minimum absolute atomic E-state index is 0.0481. The summed E-state index contributed by atoms with van der Waals surface area (Å²) in [5.41, 5.74) is 0. The Balaban J connectivity index is 1.81. The predicted octanol–water partition coefficient (Wildman–Crippen LogP) is -0.733. The second kappa shape index (κ2) is 6.48. The number of aliphatic carboxylic acids is 1. The summed E-state index contributed by atoms with van der Waals surface area (Å²) >= 11 is 0. The highest BCUT2D eigenvalue weighted by Gasteiger charge is 2.19. The van der Waals surface area contributed by atoms with Crippen molar-refractivity contribution in [3.63, 3.8) is 0 Å². The lowest BCUT2D eigenvalue weighted by atomic mass is 10.4. The maximum absolute atomic E-state index is 13.9. The van der Waals surface area contributed by atoms with Gasteiger partial charge in [-0.3, -0.25) is 10.1 Å². The van der Waals surface area contributed by atoms with E-state index in [1.807, 2.05) is 0 Å². The van der Waals surface area contributed by atoms with Gasteiger partial charge in [-0.2, -0.15) is 4.98 Å². The third kappa shape index (κ3) is 3.48. The third-order valence-corrected chi connectivity index (χ3v) is 3.08. The van der Waals surface area contributed by atoms with Gasteiger partial charge in [0, 0.05) is 13.1 Å². The van der Waals surface area contributed by atoms with E-state index in [2.05, 4.69) is 30.8 Å². The molecule has 2 N–H and O–H groups in total. The maximum Gasteiger partial charge on any atom is 0.325 e. The number of tetrazole rings is 1. The molecule has 0 spiro atoms. The van der Waals surface area contributed by atoms with Gasteiger partial charge in [0.15, 0.2) is 11.6 Å². The highest BCUT2D eigenvalue weighted by Crippen LogP contribution is 2.19. The van der Waals surface area contributed by atoms with Crippen molar-refractivity contribution in [3.8, 4) is 0 Å². The minimum atomic E-state index is -1.10. The number of carboxylic acid groups (broad SMARTS) is 1. The molecular weight excluding hydrogens is 311 g/mol. The molecule has 0 unspecified atom stereocenters. The van der Waals surface area contributed by atoms with Gasteiger partial charge < -0.3 is 14.7 Å². The number of aromatic nitrogens is 6. The minimum Gasteiger partial charge on any atom is -0.480 e. The van der Waals surface area contributed by atoms with Crippen molar-refractivity contribution in [3.05, 3.63) is 12.0 Å². The molecular formula is C11H13FN8O3. The number of carboxylic acids is 1. The normalized spacial score (nSPS) is 14.7. The van der Waals surface area contributed by atoms with Gasteiger partial charge >= 0.3 is 5.97 Å². The molecule has 0 amide bonds. The lowest BCUT2D eigenvalue weighted by Crippen LogP contribution is -2.37. The number of halogens is 1. The Morgan fingerprint density at radius 1 is 1.43 bits per heavy atom. The van der Waals surface area contributed by atoms with Gasteiger partial charge in [-0.15, -0.1) is 0 Å². The molecule has 1 fully saturated rings. The molecule has 3 heterocycles. The SMILES string of the molecule is O=C(O)Cn1nnnc1Nc1ncc(F)c(N2CCOCC2)n1. The molecule has 0 aliphatic carbocycles. The van der Waals surface area contributed by atoms with Crippen LogP contribution in [0.15, 0.2) is 6.20 Å². The molecule has 0 radical (unpaired) electrons. The average Bonchev–Trinajstić information content (AvgIpc) is 2.96. The molecule has 12 heteroatoms. The second-order valence-electron chi connectivity index (χ2n) is 4.64. The van der Waals surface area contributed by atoms with Gasteiger partial charge in [0.1, 0.15) is 6.54 Å². The molecule has 2 aromatic rings. The first kappa shape index (κ1) is 15.0. The molecule has 3 rings (SSSR count). The van der Waals surface area contributed by atoms with Crippen molar-refractivity contribution >= 4 is 23.7 Å². The van der Waals surface area contributed by atoms with E-state index in [1.165, 1.54) is 0 Å². The van der Waals surface area contributed by atoms with Crippen LogP contribution in [0.2, 0.25) is 0 Å². The van der Waals surface area contributed by atoms with Crippen LogP contribution in [0.1, 0.15) is 0 Å². The van der Waals surface area contributed by atoms with Gasteiger partial charge in [0.05, 0.1) is 19.4 Å². The van der Waals surface area contributed by atoms with E-state index in [0.717, 1.165) is 10.9 Å². The number of hydrogen-bond acceptors (Lipinski definition) is 9. The molecule has 0 atom stereocenters. The topological polar surface area (TPSA) is 131 Å². The van der Waals surface area contributed by atoms with Crippen LogP contribution in [0.3, 0.4) is 0 Å². The molecule has 0 saturated carbocycles. The van der Waals surface area contributed by atoms with Crippen LogP contribution in [0.5, 0.6) is 0 Å². The van der Waals surface area contributed by atoms with E-state index in [4.69, 9.17) is 9.84 Å². The number of ether oxygens (including phenoxy) is 1. The summed E-state index contributed by atoms with van der Waals surface area (Å²) in [6, 6.07) is 0. The van der Waals surface area contributed by atoms with Crippen LogP contribution in [0, 0.1) is 5.82 Å². The zero-order valence-electron chi connectivity index (χ0n) is 11.9. The standard InChI is InChI=1S/C11H13FN8O3/c12-7-5-13-10(14-9(7)19-1-3-23-4-2-19)15-11-16-17-18-20(11)6-8(21)22/h5H,1-4,6H2,(H,21,22)(H,13,14,15,16,18). The van der Waals surface area contributed by atoms with E-state index in [-0.39, 0.29) is 17.7 Å². The number of morpholine rings is 1. The van der Waals surface area contributed by atoms with E-state index in [9.17, 15) is 9.18 Å². The Morgan fingerprint density at radius 2 is 2.22 bits per heavy atom. The van der Waals surface area contributed by atoms with Crippen LogP contribution < -0.4 is 10.2 Å². The number of carbonyl (C=O) groups is 1. The van der Waals surface area contributed by atoms with E-state index >= 15 is 0 Å². The number of rotatable bonds is 5. The quantitative estimate of drug-likeness (QED) is 0.725. The zero-order valence-corrected chi connectivity index (χ0v) is 11.9. The summed E-state index contributed by atoms with van der Waals surface area (Å²) in [5, 5.41) is 22.0.